The van der Waals surface area contributed by atoms with E-state index in [1.807, 2.05) is 12.1 Å². The number of nitrogens with one attached hydrogen (secondary N) is 1. The van der Waals surface area contributed by atoms with Crippen molar-refractivity contribution in [1.29, 1.82) is 0 Å². The Morgan fingerprint density at radius 1 is 1.50 bits per heavy atom. The van der Waals surface area contributed by atoms with Crippen molar-refractivity contribution >= 4 is 22.6 Å². The highest BCUT2D eigenvalue weighted by molar-refractivity contribution is 7.09. The van der Waals surface area contributed by atoms with Crippen LogP contribution in [0.15, 0.2) is 18.3 Å². The monoisotopic (exact) mass is 208 g/mol. The third-order valence-corrected chi connectivity index (χ3v) is 2.18. The van der Waals surface area contributed by atoms with E-state index in [1.54, 1.807) is 6.20 Å². The number of rotatable bonds is 3. The molecule has 72 valence electrons. The number of anilines is 2. The van der Waals surface area contributed by atoms with Crippen molar-refractivity contribution in [3.63, 3.8) is 0 Å². The average Bonchev–Trinajstić information content (AvgIpc) is 2.63. The maximum absolute atomic E-state index is 5.37. The quantitative estimate of drug-likeness (QED) is 0.764. The zero-order valence-electron chi connectivity index (χ0n) is 7.21. The first kappa shape index (κ1) is 8.82. The molecule has 0 atom stereocenters. The topological polar surface area (TPSA) is 89.6 Å². The van der Waals surface area contributed by atoms with Crippen LogP contribution in [-0.4, -0.2) is 19.6 Å². The Balaban J connectivity index is 1.95. The normalized spacial score (nSPS) is 10.0. The molecule has 0 aromatic carbocycles. The van der Waals surface area contributed by atoms with Gasteiger partial charge in [0.05, 0.1) is 12.2 Å². The van der Waals surface area contributed by atoms with Crippen LogP contribution in [0.2, 0.25) is 0 Å². The van der Waals surface area contributed by atoms with E-state index in [2.05, 4.69) is 24.9 Å². The Kier molecular flexibility index (Phi) is 2.50. The molecule has 2 heterocycles. The lowest BCUT2D eigenvalue weighted by molar-refractivity contribution is 0.924. The molecule has 0 saturated heterocycles. The van der Waals surface area contributed by atoms with E-state index in [4.69, 9.17) is 5.73 Å². The van der Waals surface area contributed by atoms with Gasteiger partial charge in [0, 0.05) is 17.7 Å². The second-order valence-corrected chi connectivity index (χ2v) is 3.28. The summed E-state index contributed by atoms with van der Waals surface area (Å²) in [5.74, 6) is 0.289. The molecule has 2 aromatic rings. The Hall–Kier alpha value is -1.76. The number of nitrogens with two attached hydrogens (primary N) is 1. The highest BCUT2D eigenvalue weighted by atomic mass is 32.1. The van der Waals surface area contributed by atoms with Crippen LogP contribution in [-0.2, 0) is 6.54 Å². The molecule has 0 fully saturated rings. The molecule has 0 unspecified atom stereocenters. The van der Waals surface area contributed by atoms with E-state index < -0.39 is 0 Å². The predicted octanol–water partition coefficient (Wildman–Crippen LogP) is 0.522. The first-order chi connectivity index (χ1) is 6.84. The van der Waals surface area contributed by atoms with Gasteiger partial charge >= 0.3 is 0 Å². The van der Waals surface area contributed by atoms with Crippen molar-refractivity contribution in [3.05, 3.63) is 24.0 Å². The molecule has 0 radical (unpaired) electrons. The highest BCUT2D eigenvalue weighted by Crippen LogP contribution is 2.12. The Bertz CT molecular complexity index is 400. The fourth-order valence-electron chi connectivity index (χ4n) is 0.901. The zero-order chi connectivity index (χ0) is 9.80. The van der Waals surface area contributed by atoms with Gasteiger partial charge in [-0.05, 0) is 12.1 Å². The van der Waals surface area contributed by atoms with Gasteiger partial charge in [-0.1, -0.05) is 0 Å². The number of hydrogen-bond donors (Lipinski definition) is 2. The zero-order valence-corrected chi connectivity index (χ0v) is 8.03. The number of nitrogens with zero attached hydrogens (tertiary/aromatic N) is 4. The molecule has 0 aliphatic heterocycles. The van der Waals surface area contributed by atoms with Crippen molar-refractivity contribution < 1.29 is 0 Å². The van der Waals surface area contributed by atoms with Gasteiger partial charge in [0.15, 0.2) is 0 Å². The predicted molar refractivity (Wildman–Crippen MR) is 53.7 cm³/mol. The van der Waals surface area contributed by atoms with Gasteiger partial charge in [0.1, 0.15) is 0 Å². The maximum Gasteiger partial charge on any atom is 0.233 e. The molecule has 14 heavy (non-hydrogen) atoms. The molecular formula is C7H8N6S. The van der Waals surface area contributed by atoms with Gasteiger partial charge in [0.25, 0.3) is 0 Å². The molecule has 0 aliphatic rings. The van der Waals surface area contributed by atoms with Crippen LogP contribution in [0.25, 0.3) is 0 Å². The lowest BCUT2D eigenvalue weighted by atomic mass is 10.4. The van der Waals surface area contributed by atoms with Crippen LogP contribution in [0.5, 0.6) is 0 Å². The number of hydrogen-bond acceptors (Lipinski definition) is 7. The SMILES string of the molecule is Nc1nsc(NCc2cccnn2)n1. The fraction of sp³-hybridized carbons (Fsp3) is 0.143. The minimum Gasteiger partial charge on any atom is -0.367 e. The molecule has 0 saturated carbocycles. The van der Waals surface area contributed by atoms with Gasteiger partial charge in [-0.2, -0.15) is 19.6 Å². The molecule has 0 bridgehead atoms. The molecule has 2 rings (SSSR count). The van der Waals surface area contributed by atoms with E-state index in [0.29, 0.717) is 11.7 Å². The summed E-state index contributed by atoms with van der Waals surface area (Å²) in [7, 11) is 0. The van der Waals surface area contributed by atoms with Gasteiger partial charge < -0.3 is 11.1 Å². The summed E-state index contributed by atoms with van der Waals surface area (Å²) in [6.07, 6.45) is 1.63. The summed E-state index contributed by atoms with van der Waals surface area (Å²) in [5.41, 5.74) is 6.22. The summed E-state index contributed by atoms with van der Waals surface area (Å²) >= 11 is 1.22. The highest BCUT2D eigenvalue weighted by Gasteiger charge is 1.99. The summed E-state index contributed by atoms with van der Waals surface area (Å²) in [6, 6.07) is 3.71. The fourth-order valence-corrected chi connectivity index (χ4v) is 1.39. The minimum atomic E-state index is 0.289. The van der Waals surface area contributed by atoms with Crippen molar-refractivity contribution in [1.82, 2.24) is 19.6 Å². The van der Waals surface area contributed by atoms with Crippen LogP contribution in [0.3, 0.4) is 0 Å². The maximum atomic E-state index is 5.37. The number of nitrogen functional groups attached to an aromatic ring is 1. The summed E-state index contributed by atoms with van der Waals surface area (Å²) in [6.45, 7) is 0.572. The van der Waals surface area contributed by atoms with Crippen LogP contribution in [0.1, 0.15) is 5.69 Å². The van der Waals surface area contributed by atoms with E-state index in [9.17, 15) is 0 Å². The third-order valence-electron chi connectivity index (χ3n) is 1.49. The van der Waals surface area contributed by atoms with E-state index >= 15 is 0 Å². The third kappa shape index (κ3) is 2.13. The van der Waals surface area contributed by atoms with Crippen molar-refractivity contribution in [2.45, 2.75) is 6.54 Å². The molecule has 2 aromatic heterocycles. The number of aromatic nitrogens is 4. The van der Waals surface area contributed by atoms with Gasteiger partial charge in [-0.3, -0.25) is 0 Å². The van der Waals surface area contributed by atoms with Crippen LogP contribution >= 0.6 is 11.5 Å². The first-order valence-electron chi connectivity index (χ1n) is 3.94. The molecule has 7 heteroatoms. The van der Waals surface area contributed by atoms with Crippen LogP contribution < -0.4 is 11.1 Å². The molecule has 0 spiro atoms. The lowest BCUT2D eigenvalue weighted by Gasteiger charge is -1.98. The standard InChI is InChI=1S/C7H8N6S/c8-6-11-7(14-13-6)9-4-5-2-1-3-10-12-5/h1-3H,4H2,(H3,8,9,11,13). The van der Waals surface area contributed by atoms with Gasteiger partial charge in [-0.15, -0.1) is 0 Å². The van der Waals surface area contributed by atoms with Crippen LogP contribution in [0, 0.1) is 0 Å². The van der Waals surface area contributed by atoms with E-state index in [-0.39, 0.29) is 5.95 Å². The Labute approximate surface area is 84.4 Å². The second-order valence-electron chi connectivity index (χ2n) is 2.53. The first-order valence-corrected chi connectivity index (χ1v) is 4.71. The minimum absolute atomic E-state index is 0.289. The average molecular weight is 208 g/mol. The second kappa shape index (κ2) is 3.97. The Morgan fingerprint density at radius 2 is 2.43 bits per heavy atom. The van der Waals surface area contributed by atoms with E-state index in [1.165, 1.54) is 11.5 Å². The molecule has 6 nitrogen and oxygen atoms in total. The molecular weight excluding hydrogens is 200 g/mol. The van der Waals surface area contributed by atoms with Gasteiger partial charge in [0.2, 0.25) is 11.1 Å². The van der Waals surface area contributed by atoms with Crippen molar-refractivity contribution in [2.24, 2.45) is 0 Å². The summed E-state index contributed by atoms with van der Waals surface area (Å²) in [5, 5.41) is 11.4. The van der Waals surface area contributed by atoms with Crippen molar-refractivity contribution in [3.8, 4) is 0 Å². The largest absolute Gasteiger partial charge is 0.367 e. The van der Waals surface area contributed by atoms with Crippen LogP contribution in [0.4, 0.5) is 11.1 Å². The summed E-state index contributed by atoms with van der Waals surface area (Å²) < 4.78 is 3.84. The lowest BCUT2D eigenvalue weighted by Crippen LogP contribution is -2.01. The van der Waals surface area contributed by atoms with Gasteiger partial charge in [-0.25, -0.2) is 0 Å². The van der Waals surface area contributed by atoms with Crippen molar-refractivity contribution in [2.75, 3.05) is 11.1 Å². The molecule has 3 N–H and O–H groups in total. The molecule has 0 amide bonds. The Morgan fingerprint density at radius 3 is 3.07 bits per heavy atom. The smallest absolute Gasteiger partial charge is 0.233 e. The van der Waals surface area contributed by atoms with E-state index in [0.717, 1.165) is 5.69 Å². The molecule has 0 aliphatic carbocycles. The summed E-state index contributed by atoms with van der Waals surface area (Å²) in [4.78, 5) is 3.95.